The van der Waals surface area contributed by atoms with E-state index >= 15 is 0 Å². The van der Waals surface area contributed by atoms with Gasteiger partial charge in [0.15, 0.2) is 0 Å². The summed E-state index contributed by atoms with van der Waals surface area (Å²) in [5.41, 5.74) is 5.81. The molecular formula is C28H38O2. The standard InChI is InChI=1S/C28H38O2/c1-19-6-11-25(30)18-23(19)10-9-22-5-4-16-28(3)26(14-15-27(22)28)20(2)17-21-7-12-24(29)13-8-21/h7-10,12-13,20,25-27,29-30H,1,4-6,11,14-18H2,2-3H3/t20?,25?,26-,27?,28-/m1/s1. The molecule has 1 aromatic rings. The lowest BCUT2D eigenvalue weighted by Crippen LogP contribution is -2.36. The number of hydrogen-bond donors (Lipinski definition) is 2. The number of allylic oxidation sites excluding steroid dienone is 4. The summed E-state index contributed by atoms with van der Waals surface area (Å²) in [4.78, 5) is 0. The fourth-order valence-electron chi connectivity index (χ4n) is 6.76. The molecule has 0 spiro atoms. The summed E-state index contributed by atoms with van der Waals surface area (Å²) in [7, 11) is 0. The van der Waals surface area contributed by atoms with Crippen molar-refractivity contribution in [3.05, 3.63) is 65.3 Å². The number of aliphatic hydroxyl groups is 1. The van der Waals surface area contributed by atoms with Gasteiger partial charge in [0.05, 0.1) is 6.10 Å². The predicted molar refractivity (Wildman–Crippen MR) is 124 cm³/mol. The SMILES string of the molecule is C=C1CCC(O)CC1=CC=C1CCC[C@@]2(C)C1CC[C@@H]2C(C)Cc1ccc(O)cc1. The molecule has 0 amide bonds. The average Bonchev–Trinajstić information content (AvgIpc) is 3.08. The highest BCUT2D eigenvalue weighted by Crippen LogP contribution is 2.59. The normalized spacial score (nSPS) is 35.6. The zero-order chi connectivity index (χ0) is 21.3. The number of aromatic hydroxyl groups is 1. The minimum atomic E-state index is -0.201. The van der Waals surface area contributed by atoms with E-state index in [-0.39, 0.29) is 6.10 Å². The van der Waals surface area contributed by atoms with Gasteiger partial charge in [-0.25, -0.2) is 0 Å². The first kappa shape index (κ1) is 21.4. The molecule has 3 aliphatic rings. The van der Waals surface area contributed by atoms with Gasteiger partial charge in [-0.1, -0.05) is 55.9 Å². The van der Waals surface area contributed by atoms with Gasteiger partial charge >= 0.3 is 0 Å². The van der Waals surface area contributed by atoms with E-state index in [2.05, 4.69) is 44.7 Å². The molecule has 0 saturated heterocycles. The molecule has 0 heterocycles. The maximum absolute atomic E-state index is 10.0. The van der Waals surface area contributed by atoms with Crippen molar-refractivity contribution in [1.82, 2.24) is 0 Å². The molecular weight excluding hydrogens is 368 g/mol. The van der Waals surface area contributed by atoms with E-state index in [1.807, 2.05) is 12.1 Å². The summed E-state index contributed by atoms with van der Waals surface area (Å²) in [6.45, 7) is 9.21. The van der Waals surface area contributed by atoms with Crippen LogP contribution in [0.1, 0.15) is 70.8 Å². The van der Waals surface area contributed by atoms with E-state index in [1.54, 1.807) is 5.57 Å². The van der Waals surface area contributed by atoms with Crippen molar-refractivity contribution in [3.8, 4) is 5.75 Å². The highest BCUT2D eigenvalue weighted by atomic mass is 16.3. The van der Waals surface area contributed by atoms with Gasteiger partial charge in [0.25, 0.3) is 0 Å². The topological polar surface area (TPSA) is 40.5 Å². The van der Waals surface area contributed by atoms with Crippen molar-refractivity contribution in [3.63, 3.8) is 0 Å². The molecule has 2 nitrogen and oxygen atoms in total. The second kappa shape index (κ2) is 8.75. The summed E-state index contributed by atoms with van der Waals surface area (Å²) in [6, 6.07) is 7.77. The Hall–Kier alpha value is -1.80. The van der Waals surface area contributed by atoms with Crippen LogP contribution in [0.2, 0.25) is 0 Å². The smallest absolute Gasteiger partial charge is 0.115 e. The van der Waals surface area contributed by atoms with Crippen LogP contribution in [-0.2, 0) is 6.42 Å². The first-order valence-corrected chi connectivity index (χ1v) is 11.9. The van der Waals surface area contributed by atoms with Gasteiger partial charge in [0.1, 0.15) is 5.75 Å². The van der Waals surface area contributed by atoms with Crippen LogP contribution in [0.15, 0.2) is 59.7 Å². The Morgan fingerprint density at radius 1 is 1.13 bits per heavy atom. The van der Waals surface area contributed by atoms with Crippen LogP contribution in [0.3, 0.4) is 0 Å². The first-order chi connectivity index (χ1) is 14.4. The molecule has 0 radical (unpaired) electrons. The van der Waals surface area contributed by atoms with Crippen molar-refractivity contribution in [1.29, 1.82) is 0 Å². The van der Waals surface area contributed by atoms with Crippen molar-refractivity contribution in [2.24, 2.45) is 23.2 Å². The third kappa shape index (κ3) is 4.30. The van der Waals surface area contributed by atoms with E-state index in [0.717, 1.165) is 31.6 Å². The predicted octanol–water partition coefficient (Wildman–Crippen LogP) is 6.74. The van der Waals surface area contributed by atoms with Gasteiger partial charge in [0, 0.05) is 0 Å². The third-order valence-electron chi connectivity index (χ3n) is 8.41. The molecule has 3 saturated carbocycles. The lowest BCUT2D eigenvalue weighted by molar-refractivity contribution is 0.0975. The van der Waals surface area contributed by atoms with Crippen LogP contribution >= 0.6 is 0 Å². The third-order valence-corrected chi connectivity index (χ3v) is 8.41. The van der Waals surface area contributed by atoms with Crippen LogP contribution in [0.4, 0.5) is 0 Å². The van der Waals surface area contributed by atoms with E-state index < -0.39 is 0 Å². The van der Waals surface area contributed by atoms with E-state index in [1.165, 1.54) is 48.8 Å². The van der Waals surface area contributed by atoms with Gasteiger partial charge in [0.2, 0.25) is 0 Å². The van der Waals surface area contributed by atoms with Crippen LogP contribution < -0.4 is 0 Å². The van der Waals surface area contributed by atoms with E-state index in [0.29, 0.717) is 23.0 Å². The lowest BCUT2D eigenvalue weighted by atomic mass is 9.60. The number of aliphatic hydroxyl groups excluding tert-OH is 1. The first-order valence-electron chi connectivity index (χ1n) is 11.9. The van der Waals surface area contributed by atoms with Crippen LogP contribution in [0.25, 0.3) is 0 Å². The highest BCUT2D eigenvalue weighted by molar-refractivity contribution is 5.36. The second-order valence-electron chi connectivity index (χ2n) is 10.4. The maximum Gasteiger partial charge on any atom is 0.115 e. The minimum Gasteiger partial charge on any atom is -0.508 e. The molecule has 4 rings (SSSR count). The monoisotopic (exact) mass is 406 g/mol. The Kier molecular flexibility index (Phi) is 6.25. The molecule has 1 aromatic carbocycles. The van der Waals surface area contributed by atoms with Crippen molar-refractivity contribution >= 4 is 0 Å². The number of rotatable bonds is 4. The summed E-state index contributed by atoms with van der Waals surface area (Å²) in [6.07, 6.45) is 14.6. The van der Waals surface area contributed by atoms with Crippen molar-refractivity contribution in [2.45, 2.75) is 77.7 Å². The number of phenols is 1. The maximum atomic E-state index is 10.0. The van der Waals surface area contributed by atoms with Gasteiger partial charge in [-0.2, -0.15) is 0 Å². The Bertz CT molecular complexity index is 831. The van der Waals surface area contributed by atoms with Crippen LogP contribution in [0, 0.1) is 23.2 Å². The fourth-order valence-corrected chi connectivity index (χ4v) is 6.76. The molecule has 30 heavy (non-hydrogen) atoms. The van der Waals surface area contributed by atoms with Crippen molar-refractivity contribution < 1.29 is 10.2 Å². The Morgan fingerprint density at radius 3 is 2.67 bits per heavy atom. The Balaban J connectivity index is 1.50. The summed E-state index contributed by atoms with van der Waals surface area (Å²) in [5.74, 6) is 2.44. The molecule has 162 valence electrons. The van der Waals surface area contributed by atoms with Gasteiger partial charge < -0.3 is 10.2 Å². The number of hydrogen-bond acceptors (Lipinski definition) is 2. The molecule has 0 bridgehead atoms. The molecule has 2 N–H and O–H groups in total. The Labute approximate surface area is 182 Å². The van der Waals surface area contributed by atoms with Gasteiger partial charge in [-0.05, 0) is 104 Å². The zero-order valence-corrected chi connectivity index (χ0v) is 18.7. The van der Waals surface area contributed by atoms with Crippen molar-refractivity contribution in [2.75, 3.05) is 0 Å². The molecule has 3 fully saturated rings. The quantitative estimate of drug-likeness (QED) is 0.581. The Morgan fingerprint density at radius 2 is 1.90 bits per heavy atom. The number of phenolic OH excluding ortho intramolecular Hbond substituents is 1. The van der Waals surface area contributed by atoms with Crippen LogP contribution in [-0.4, -0.2) is 16.3 Å². The molecule has 5 atom stereocenters. The molecule has 2 heteroatoms. The lowest BCUT2D eigenvalue weighted by Gasteiger charge is -2.44. The average molecular weight is 407 g/mol. The van der Waals surface area contributed by atoms with Gasteiger partial charge in [-0.3, -0.25) is 0 Å². The minimum absolute atomic E-state index is 0.201. The molecule has 3 aliphatic carbocycles. The molecule has 0 aliphatic heterocycles. The largest absolute Gasteiger partial charge is 0.508 e. The second-order valence-corrected chi connectivity index (χ2v) is 10.4. The molecule has 0 aromatic heterocycles. The van der Waals surface area contributed by atoms with Gasteiger partial charge in [-0.15, -0.1) is 0 Å². The van der Waals surface area contributed by atoms with Crippen LogP contribution in [0.5, 0.6) is 5.75 Å². The highest BCUT2D eigenvalue weighted by Gasteiger charge is 2.50. The van der Waals surface area contributed by atoms with E-state index in [4.69, 9.17) is 0 Å². The molecule has 3 unspecified atom stereocenters. The summed E-state index contributed by atoms with van der Waals surface area (Å²) in [5, 5.41) is 19.6. The summed E-state index contributed by atoms with van der Waals surface area (Å²) >= 11 is 0. The fraction of sp³-hybridized carbons (Fsp3) is 0.571. The number of fused-ring (bicyclic) bond motifs is 1. The zero-order valence-electron chi connectivity index (χ0n) is 18.7. The summed E-state index contributed by atoms with van der Waals surface area (Å²) < 4.78 is 0. The van der Waals surface area contributed by atoms with E-state index in [9.17, 15) is 10.2 Å². The number of benzene rings is 1.